The third-order valence-corrected chi connectivity index (χ3v) is 2.95. The maximum Gasteiger partial charge on any atom is 0.265 e. The molecule has 21 heavy (non-hydrogen) atoms. The zero-order chi connectivity index (χ0) is 14.8. The highest BCUT2D eigenvalue weighted by Gasteiger charge is 2.10. The zero-order valence-corrected chi connectivity index (χ0v) is 11.3. The second kappa shape index (κ2) is 5.12. The van der Waals surface area contributed by atoms with Crippen molar-refractivity contribution in [1.82, 2.24) is 14.4 Å². The number of nitrogens with two attached hydrogens (primary N) is 1. The fraction of sp³-hybridized carbons (Fsp3) is 0.0714. The van der Waals surface area contributed by atoms with E-state index < -0.39 is 5.91 Å². The Bertz CT molecular complexity index is 795. The van der Waals surface area contributed by atoms with Gasteiger partial charge in [-0.15, -0.1) is 0 Å². The highest BCUT2D eigenvalue weighted by atomic mass is 16.5. The summed E-state index contributed by atoms with van der Waals surface area (Å²) < 4.78 is 7.55. The Kier molecular flexibility index (Phi) is 3.15. The number of hydrogen-bond acceptors (Lipinski definition) is 5. The normalized spacial score (nSPS) is 10.5. The van der Waals surface area contributed by atoms with Crippen molar-refractivity contribution in [2.45, 2.75) is 0 Å². The van der Waals surface area contributed by atoms with Crippen molar-refractivity contribution in [2.24, 2.45) is 5.73 Å². The van der Waals surface area contributed by atoms with Gasteiger partial charge in [0.2, 0.25) is 11.6 Å². The number of primary amides is 1. The van der Waals surface area contributed by atoms with E-state index in [1.165, 1.54) is 0 Å². The molecule has 0 atom stereocenters. The second-order valence-electron chi connectivity index (χ2n) is 4.33. The Morgan fingerprint density at radius 2 is 2.10 bits per heavy atom. The molecule has 0 unspecified atom stereocenters. The molecule has 0 bridgehead atoms. The Labute approximate surface area is 120 Å². The van der Waals surface area contributed by atoms with Crippen LogP contribution in [0.15, 0.2) is 42.9 Å². The molecule has 2 aromatic heterocycles. The number of nitrogens with zero attached hydrogens (tertiary/aromatic N) is 3. The van der Waals surface area contributed by atoms with Crippen molar-refractivity contribution in [3.05, 3.63) is 48.4 Å². The molecular weight excluding hydrogens is 270 g/mol. The lowest BCUT2D eigenvalue weighted by atomic mass is 10.2. The van der Waals surface area contributed by atoms with Crippen LogP contribution in [0.5, 0.6) is 11.6 Å². The summed E-state index contributed by atoms with van der Waals surface area (Å²) in [6.45, 7) is 0. The van der Waals surface area contributed by atoms with Crippen molar-refractivity contribution in [1.29, 1.82) is 0 Å². The smallest absolute Gasteiger partial charge is 0.265 e. The van der Waals surface area contributed by atoms with Gasteiger partial charge in [-0.25, -0.2) is 4.98 Å². The molecule has 0 aliphatic carbocycles. The molecule has 106 valence electrons. The van der Waals surface area contributed by atoms with Crippen LogP contribution in [0, 0.1) is 0 Å². The first kappa shape index (κ1) is 12.9. The average molecular weight is 283 g/mol. The molecule has 1 aromatic carbocycles. The van der Waals surface area contributed by atoms with Crippen molar-refractivity contribution >= 4 is 17.4 Å². The van der Waals surface area contributed by atoms with Crippen LogP contribution in [0.2, 0.25) is 0 Å². The molecule has 0 spiro atoms. The van der Waals surface area contributed by atoms with E-state index in [0.29, 0.717) is 28.7 Å². The van der Waals surface area contributed by atoms with Gasteiger partial charge in [-0.2, -0.15) is 4.98 Å². The number of aromatic nitrogens is 3. The maximum atomic E-state index is 11.0. The molecule has 7 nitrogen and oxygen atoms in total. The van der Waals surface area contributed by atoms with Crippen LogP contribution >= 0.6 is 0 Å². The fourth-order valence-corrected chi connectivity index (χ4v) is 1.89. The van der Waals surface area contributed by atoms with Crippen LogP contribution in [0.25, 0.3) is 5.65 Å². The minimum Gasteiger partial charge on any atom is -0.436 e. The number of amides is 1. The largest absolute Gasteiger partial charge is 0.436 e. The van der Waals surface area contributed by atoms with E-state index in [4.69, 9.17) is 10.5 Å². The van der Waals surface area contributed by atoms with E-state index in [1.54, 1.807) is 43.7 Å². The highest BCUT2D eigenvalue weighted by Crippen LogP contribution is 2.25. The van der Waals surface area contributed by atoms with Crippen molar-refractivity contribution in [3.63, 3.8) is 0 Å². The van der Waals surface area contributed by atoms with Gasteiger partial charge >= 0.3 is 0 Å². The lowest BCUT2D eigenvalue weighted by molar-refractivity contribution is 0.100. The molecule has 2 heterocycles. The van der Waals surface area contributed by atoms with Crippen molar-refractivity contribution < 1.29 is 9.53 Å². The quantitative estimate of drug-likeness (QED) is 0.759. The summed E-state index contributed by atoms with van der Waals surface area (Å²) in [4.78, 5) is 19.6. The molecule has 7 heteroatoms. The number of carbonyl (C=O) groups is 1. The first-order valence-electron chi connectivity index (χ1n) is 6.26. The van der Waals surface area contributed by atoms with Gasteiger partial charge in [-0.1, -0.05) is 0 Å². The Morgan fingerprint density at radius 3 is 2.76 bits per heavy atom. The van der Waals surface area contributed by atoms with Gasteiger partial charge in [0.05, 0.1) is 6.20 Å². The Morgan fingerprint density at radius 1 is 1.33 bits per heavy atom. The SMILES string of the molecule is CNc1cn2ccnc2c(Oc2ccc(C(N)=O)cc2)n1. The van der Waals surface area contributed by atoms with E-state index >= 15 is 0 Å². The number of carbonyl (C=O) groups excluding carboxylic acids is 1. The number of fused-ring (bicyclic) bond motifs is 1. The predicted octanol–water partition coefficient (Wildman–Crippen LogP) is 1.66. The average Bonchev–Trinajstić information content (AvgIpc) is 2.96. The molecule has 3 aromatic rings. The first-order valence-corrected chi connectivity index (χ1v) is 6.26. The van der Waals surface area contributed by atoms with Gasteiger partial charge in [0.15, 0.2) is 0 Å². The van der Waals surface area contributed by atoms with E-state index in [9.17, 15) is 4.79 Å². The minimum atomic E-state index is -0.479. The number of rotatable bonds is 4. The summed E-state index contributed by atoms with van der Waals surface area (Å²) in [6.07, 6.45) is 5.28. The monoisotopic (exact) mass is 283 g/mol. The van der Waals surface area contributed by atoms with Gasteiger partial charge in [-0.05, 0) is 24.3 Å². The molecule has 3 rings (SSSR count). The summed E-state index contributed by atoms with van der Waals surface area (Å²) in [5.74, 6) is 1.10. The summed E-state index contributed by atoms with van der Waals surface area (Å²) >= 11 is 0. The van der Waals surface area contributed by atoms with Crippen molar-refractivity contribution in [3.8, 4) is 11.6 Å². The van der Waals surface area contributed by atoms with Gasteiger partial charge in [-0.3, -0.25) is 9.20 Å². The number of anilines is 1. The highest BCUT2D eigenvalue weighted by molar-refractivity contribution is 5.92. The lowest BCUT2D eigenvalue weighted by Gasteiger charge is -2.08. The fourth-order valence-electron chi connectivity index (χ4n) is 1.89. The van der Waals surface area contributed by atoms with Crippen LogP contribution in [0.3, 0.4) is 0 Å². The summed E-state index contributed by atoms with van der Waals surface area (Å²) in [5, 5.41) is 2.96. The number of ether oxygens (including phenoxy) is 1. The number of benzene rings is 1. The summed E-state index contributed by atoms with van der Waals surface area (Å²) in [6, 6.07) is 6.52. The molecule has 0 saturated heterocycles. The molecule has 0 aliphatic rings. The molecule has 0 aliphatic heterocycles. The van der Waals surface area contributed by atoms with Crippen LogP contribution in [0.1, 0.15) is 10.4 Å². The van der Waals surface area contributed by atoms with Crippen LogP contribution in [-0.2, 0) is 0 Å². The Hall–Kier alpha value is -3.09. The van der Waals surface area contributed by atoms with Crippen molar-refractivity contribution in [2.75, 3.05) is 12.4 Å². The predicted molar refractivity (Wildman–Crippen MR) is 77.6 cm³/mol. The molecular formula is C14H13N5O2. The van der Waals surface area contributed by atoms with Gasteiger partial charge in [0.25, 0.3) is 5.88 Å². The number of hydrogen-bond donors (Lipinski definition) is 2. The second-order valence-corrected chi connectivity index (χ2v) is 4.33. The minimum absolute atomic E-state index is 0.374. The molecule has 3 N–H and O–H groups in total. The standard InChI is InChI=1S/C14H13N5O2/c1-16-11-8-19-7-6-17-13(19)14(18-11)21-10-4-2-9(3-5-10)12(15)20/h2-8,16H,1H3,(H2,15,20). The topological polar surface area (TPSA) is 94.5 Å². The number of imidazole rings is 1. The van der Waals surface area contributed by atoms with E-state index in [1.807, 2.05) is 10.6 Å². The Balaban J connectivity index is 1.97. The van der Waals surface area contributed by atoms with Crippen LogP contribution < -0.4 is 15.8 Å². The molecule has 1 amide bonds. The van der Waals surface area contributed by atoms with Crippen LogP contribution in [0.4, 0.5) is 5.82 Å². The third kappa shape index (κ3) is 2.48. The summed E-state index contributed by atoms with van der Waals surface area (Å²) in [5.41, 5.74) is 6.23. The van der Waals surface area contributed by atoms with E-state index in [-0.39, 0.29) is 0 Å². The maximum absolute atomic E-state index is 11.0. The number of nitrogens with one attached hydrogen (secondary N) is 1. The van der Waals surface area contributed by atoms with Crippen LogP contribution in [-0.4, -0.2) is 27.3 Å². The van der Waals surface area contributed by atoms with E-state index in [2.05, 4.69) is 15.3 Å². The van der Waals surface area contributed by atoms with E-state index in [0.717, 1.165) is 0 Å². The van der Waals surface area contributed by atoms with Gasteiger partial charge < -0.3 is 15.8 Å². The molecule has 0 fully saturated rings. The molecule has 0 saturated carbocycles. The summed E-state index contributed by atoms with van der Waals surface area (Å²) in [7, 11) is 1.77. The first-order chi connectivity index (χ1) is 10.2. The third-order valence-electron chi connectivity index (χ3n) is 2.95. The van der Waals surface area contributed by atoms with Gasteiger partial charge in [0, 0.05) is 25.0 Å². The van der Waals surface area contributed by atoms with Gasteiger partial charge in [0.1, 0.15) is 11.6 Å². The lowest BCUT2D eigenvalue weighted by Crippen LogP contribution is -2.10. The zero-order valence-electron chi connectivity index (χ0n) is 11.3. The molecule has 0 radical (unpaired) electrons.